The lowest BCUT2D eigenvalue weighted by molar-refractivity contribution is -0.139. The van der Waals surface area contributed by atoms with E-state index in [-0.39, 0.29) is 30.0 Å². The first kappa shape index (κ1) is 25.3. The Bertz CT molecular complexity index is 934. The molecule has 1 unspecified atom stereocenters. The summed E-state index contributed by atoms with van der Waals surface area (Å²) < 4.78 is 0. The number of aromatic carboxylic acids is 1. The highest BCUT2D eigenvalue weighted by atomic mass is 16.4. The number of benzene rings is 1. The standard InChI is InChI=1S/C7H7NO3.C7H15NO3.C5H4N4/c8-6-4(7(10)11)2-1-3-5(6)9;1-2-4-8-6(3-5-9)7(10)11;1-4-5(8-2-6-1)9-3-7-4/h1-3,9H,8H2,(H,10,11);6,8-9H,2-5H2,1H3,(H,10,11);1-3H,(H,6,7,8,9). The van der Waals surface area contributed by atoms with Crippen molar-refractivity contribution in [1.82, 2.24) is 25.3 Å². The summed E-state index contributed by atoms with van der Waals surface area (Å²) in [5.41, 5.74) is 6.66. The van der Waals surface area contributed by atoms with Gasteiger partial charge in [-0.25, -0.2) is 19.7 Å². The first-order valence-electron chi connectivity index (χ1n) is 9.28. The Morgan fingerprint density at radius 2 is 2.00 bits per heavy atom. The van der Waals surface area contributed by atoms with Crippen molar-refractivity contribution in [3.05, 3.63) is 42.6 Å². The number of nitrogens with zero attached hydrogens (tertiary/aromatic N) is 3. The molecule has 0 fully saturated rings. The number of aliphatic carboxylic acids is 1. The summed E-state index contributed by atoms with van der Waals surface area (Å²) in [6.45, 7) is 2.55. The van der Waals surface area contributed by atoms with E-state index in [4.69, 9.17) is 26.2 Å². The second kappa shape index (κ2) is 13.5. The van der Waals surface area contributed by atoms with Gasteiger partial charge in [0, 0.05) is 6.61 Å². The van der Waals surface area contributed by atoms with E-state index in [1.165, 1.54) is 24.5 Å². The fraction of sp³-hybridized carbons (Fsp3) is 0.316. The summed E-state index contributed by atoms with van der Waals surface area (Å²) >= 11 is 0. The molecule has 2 heterocycles. The van der Waals surface area contributed by atoms with Crippen LogP contribution >= 0.6 is 0 Å². The van der Waals surface area contributed by atoms with Crippen molar-refractivity contribution in [2.45, 2.75) is 25.8 Å². The number of nitrogens with one attached hydrogen (secondary N) is 2. The van der Waals surface area contributed by atoms with E-state index >= 15 is 0 Å². The van der Waals surface area contributed by atoms with Crippen molar-refractivity contribution in [2.24, 2.45) is 0 Å². The lowest BCUT2D eigenvalue weighted by atomic mass is 10.2. The molecular weight excluding hydrogens is 408 g/mol. The molecule has 168 valence electrons. The fourth-order valence-corrected chi connectivity index (χ4v) is 2.19. The van der Waals surface area contributed by atoms with E-state index in [0.29, 0.717) is 12.2 Å². The monoisotopic (exact) mass is 434 g/mol. The number of carboxylic acid groups (broad SMARTS) is 2. The normalized spacial score (nSPS) is 10.9. The topological polar surface area (TPSA) is 208 Å². The second-order valence-electron chi connectivity index (χ2n) is 6.06. The third-order valence-electron chi connectivity index (χ3n) is 3.77. The molecule has 3 rings (SSSR count). The third-order valence-corrected chi connectivity index (χ3v) is 3.77. The number of imidazole rings is 1. The molecule has 0 aliphatic rings. The van der Waals surface area contributed by atoms with Crippen molar-refractivity contribution in [2.75, 3.05) is 18.9 Å². The molecule has 3 aromatic rings. The van der Waals surface area contributed by atoms with E-state index in [9.17, 15) is 9.59 Å². The number of aromatic hydroxyl groups is 1. The number of anilines is 1. The van der Waals surface area contributed by atoms with Crippen LogP contribution in [0.4, 0.5) is 5.69 Å². The smallest absolute Gasteiger partial charge is 0.337 e. The van der Waals surface area contributed by atoms with Crippen LogP contribution in [0.15, 0.2) is 37.1 Å². The molecule has 0 bridgehead atoms. The van der Waals surface area contributed by atoms with Gasteiger partial charge >= 0.3 is 11.9 Å². The molecule has 0 aliphatic carbocycles. The Kier molecular flexibility index (Phi) is 11.0. The molecule has 0 amide bonds. The zero-order valence-corrected chi connectivity index (χ0v) is 16.9. The number of nitrogens with two attached hydrogens (primary N) is 1. The maximum atomic E-state index is 10.4. The molecule has 2 aromatic heterocycles. The van der Waals surface area contributed by atoms with E-state index in [1.807, 2.05) is 6.92 Å². The number of carbonyl (C=O) groups is 2. The quantitative estimate of drug-likeness (QED) is 0.205. The number of aromatic amines is 1. The Balaban J connectivity index is 0.000000233. The molecule has 0 radical (unpaired) electrons. The highest BCUT2D eigenvalue weighted by molar-refractivity contribution is 5.95. The van der Waals surface area contributed by atoms with Crippen molar-refractivity contribution >= 4 is 28.8 Å². The number of aliphatic hydroxyl groups excluding tert-OH is 1. The second-order valence-corrected chi connectivity index (χ2v) is 6.06. The minimum atomic E-state index is -1.14. The van der Waals surface area contributed by atoms with Crippen molar-refractivity contribution in [3.63, 3.8) is 0 Å². The average Bonchev–Trinajstić information content (AvgIpc) is 3.22. The number of nitrogen functional groups attached to an aromatic ring is 1. The van der Waals surface area contributed by atoms with E-state index in [0.717, 1.165) is 11.9 Å². The van der Waals surface area contributed by atoms with Gasteiger partial charge in [-0.05, 0) is 31.5 Å². The number of H-pyrrole nitrogens is 1. The Morgan fingerprint density at radius 1 is 1.26 bits per heavy atom. The maximum absolute atomic E-state index is 10.4. The molecule has 12 nitrogen and oxygen atoms in total. The summed E-state index contributed by atoms with van der Waals surface area (Å²) in [6.07, 6.45) is 5.93. The zero-order valence-electron chi connectivity index (χ0n) is 16.9. The van der Waals surface area contributed by atoms with Crippen LogP contribution in [0.2, 0.25) is 0 Å². The number of hydrogen-bond acceptors (Lipinski definition) is 9. The molecule has 0 spiro atoms. The number of aliphatic hydroxyl groups is 1. The van der Waals surface area contributed by atoms with Crippen LogP contribution in [-0.2, 0) is 4.79 Å². The van der Waals surface area contributed by atoms with Crippen molar-refractivity contribution in [3.8, 4) is 5.75 Å². The van der Waals surface area contributed by atoms with Gasteiger partial charge in [-0.2, -0.15) is 0 Å². The highest BCUT2D eigenvalue weighted by Gasteiger charge is 2.14. The number of fused-ring (bicyclic) bond motifs is 1. The first-order valence-corrected chi connectivity index (χ1v) is 9.28. The molecule has 0 saturated carbocycles. The minimum Gasteiger partial charge on any atom is -0.506 e. The van der Waals surface area contributed by atoms with Crippen LogP contribution in [0, 0.1) is 0 Å². The Morgan fingerprint density at radius 3 is 2.55 bits per heavy atom. The minimum absolute atomic E-state index is 0.0787. The van der Waals surface area contributed by atoms with Gasteiger partial charge in [-0.3, -0.25) is 4.79 Å². The Hall–Kier alpha value is -3.77. The molecule has 31 heavy (non-hydrogen) atoms. The van der Waals surface area contributed by atoms with Crippen LogP contribution in [0.5, 0.6) is 5.75 Å². The largest absolute Gasteiger partial charge is 0.506 e. The summed E-state index contributed by atoms with van der Waals surface area (Å²) in [4.78, 5) is 35.3. The molecular formula is C19H26N6O6. The van der Waals surface area contributed by atoms with Crippen LogP contribution < -0.4 is 11.1 Å². The number of phenolic OH excluding ortho intramolecular Hbond substituents is 1. The summed E-state index contributed by atoms with van der Waals surface area (Å²) in [6, 6.07) is 3.49. The van der Waals surface area contributed by atoms with Crippen LogP contribution in [-0.4, -0.2) is 71.5 Å². The lowest BCUT2D eigenvalue weighted by Crippen LogP contribution is -2.37. The number of rotatable bonds is 7. The van der Waals surface area contributed by atoms with Crippen LogP contribution in [0.3, 0.4) is 0 Å². The van der Waals surface area contributed by atoms with Gasteiger partial charge in [0.05, 0.1) is 23.8 Å². The summed E-state index contributed by atoms with van der Waals surface area (Å²) in [7, 11) is 0. The number of carboxylic acids is 2. The maximum Gasteiger partial charge on any atom is 0.337 e. The fourth-order valence-electron chi connectivity index (χ4n) is 2.19. The molecule has 1 atom stereocenters. The predicted octanol–water partition coefficient (Wildman–Crippen LogP) is 0.847. The predicted molar refractivity (Wildman–Crippen MR) is 113 cm³/mol. The van der Waals surface area contributed by atoms with Gasteiger partial charge in [-0.15, -0.1) is 0 Å². The third kappa shape index (κ3) is 8.64. The molecule has 1 aromatic carbocycles. The van der Waals surface area contributed by atoms with Gasteiger partial charge < -0.3 is 36.5 Å². The van der Waals surface area contributed by atoms with E-state index in [1.54, 1.807) is 12.5 Å². The summed E-state index contributed by atoms with van der Waals surface area (Å²) in [5, 5.41) is 37.3. The molecule has 0 aliphatic heterocycles. The lowest BCUT2D eigenvalue weighted by Gasteiger charge is -2.11. The van der Waals surface area contributed by atoms with Crippen LogP contribution in [0.25, 0.3) is 11.2 Å². The zero-order chi connectivity index (χ0) is 23.2. The van der Waals surface area contributed by atoms with Gasteiger partial charge in [0.2, 0.25) is 0 Å². The van der Waals surface area contributed by atoms with Gasteiger partial charge in [0.1, 0.15) is 23.6 Å². The SMILES string of the molecule is CCCNC(CCO)C(=O)O.Nc1c(O)cccc1C(=O)O.c1ncc2[nH]cnc2n1. The summed E-state index contributed by atoms with van der Waals surface area (Å²) in [5.74, 6) is -2.24. The number of phenols is 1. The Labute approximate surface area is 177 Å². The van der Waals surface area contributed by atoms with Crippen molar-refractivity contribution in [1.29, 1.82) is 0 Å². The van der Waals surface area contributed by atoms with E-state index in [2.05, 4.69) is 25.3 Å². The first-order chi connectivity index (χ1) is 14.8. The van der Waals surface area contributed by atoms with Crippen LogP contribution in [0.1, 0.15) is 30.1 Å². The average molecular weight is 434 g/mol. The number of aromatic nitrogens is 4. The number of para-hydroxylation sites is 1. The highest BCUT2D eigenvalue weighted by Crippen LogP contribution is 2.22. The van der Waals surface area contributed by atoms with Gasteiger partial charge in [0.25, 0.3) is 0 Å². The molecule has 0 saturated heterocycles. The van der Waals surface area contributed by atoms with Gasteiger partial charge in [-0.1, -0.05) is 13.0 Å². The number of hydrogen-bond donors (Lipinski definition) is 7. The van der Waals surface area contributed by atoms with E-state index < -0.39 is 18.0 Å². The van der Waals surface area contributed by atoms with Gasteiger partial charge in [0.15, 0.2) is 5.65 Å². The van der Waals surface area contributed by atoms with Crippen molar-refractivity contribution < 1.29 is 30.0 Å². The molecule has 8 N–H and O–H groups in total. The molecule has 12 heteroatoms.